The Bertz CT molecular complexity index is 683. The average Bonchev–Trinajstić information content (AvgIpc) is 3.05. The van der Waals surface area contributed by atoms with Crippen LogP contribution in [0.25, 0.3) is 0 Å². The molecular formula is C17H23N3O4. The fraction of sp³-hybridized carbons (Fsp3) is 0.588. The van der Waals surface area contributed by atoms with Crippen LogP contribution >= 0.6 is 0 Å². The number of fused-ring (bicyclic) bond motifs is 2. The second-order valence-corrected chi connectivity index (χ2v) is 7.56. The highest BCUT2D eigenvalue weighted by Crippen LogP contribution is 2.37. The third-order valence-electron chi connectivity index (χ3n) is 4.57. The zero-order chi connectivity index (χ0) is 17.6. The minimum absolute atomic E-state index is 0.107. The van der Waals surface area contributed by atoms with Gasteiger partial charge in [0.15, 0.2) is 0 Å². The zero-order valence-corrected chi connectivity index (χ0v) is 14.5. The number of rotatable bonds is 2. The summed E-state index contributed by atoms with van der Waals surface area (Å²) < 4.78 is 5.47. The molecule has 7 heteroatoms. The lowest BCUT2D eigenvalue weighted by molar-refractivity contribution is -0.384. The molecule has 2 aliphatic heterocycles. The van der Waals surface area contributed by atoms with E-state index in [1.54, 1.807) is 12.1 Å². The van der Waals surface area contributed by atoms with E-state index in [0.29, 0.717) is 6.54 Å². The number of hydrogen-bond acceptors (Lipinski definition) is 5. The maximum absolute atomic E-state index is 12.3. The summed E-state index contributed by atoms with van der Waals surface area (Å²) >= 11 is 0. The largest absolute Gasteiger partial charge is 0.444 e. The van der Waals surface area contributed by atoms with Gasteiger partial charge < -0.3 is 14.5 Å². The van der Waals surface area contributed by atoms with Crippen molar-refractivity contribution in [3.05, 3.63) is 33.9 Å². The van der Waals surface area contributed by atoms with Crippen molar-refractivity contribution < 1.29 is 14.5 Å². The minimum atomic E-state index is -0.493. The van der Waals surface area contributed by atoms with Crippen LogP contribution < -0.4 is 4.90 Å². The standard InChI is InChI=1S/C17H23N3O4/c1-11-7-12(20(22)23)5-6-15(11)18-9-14-8-13(18)10-19(14)16(21)24-17(2,3)4/h5-7,13-14H,8-10H2,1-4H3/t13-,14-/m1/s1. The number of nitrogens with zero attached hydrogens (tertiary/aromatic N) is 3. The summed E-state index contributed by atoms with van der Waals surface area (Å²) in [7, 11) is 0. The number of carbonyl (C=O) groups excluding carboxylic acids is 1. The average molecular weight is 333 g/mol. The van der Waals surface area contributed by atoms with Gasteiger partial charge >= 0.3 is 6.09 Å². The molecule has 2 atom stereocenters. The van der Waals surface area contributed by atoms with Crippen LogP contribution in [-0.2, 0) is 4.74 Å². The zero-order valence-electron chi connectivity index (χ0n) is 14.5. The first-order valence-electron chi connectivity index (χ1n) is 8.17. The lowest BCUT2D eigenvalue weighted by atomic mass is 10.1. The van der Waals surface area contributed by atoms with Crippen molar-refractivity contribution >= 4 is 17.5 Å². The molecule has 1 aromatic carbocycles. The molecule has 2 saturated heterocycles. The summed E-state index contributed by atoms with van der Waals surface area (Å²) in [4.78, 5) is 26.9. The Labute approximate surface area is 141 Å². The molecule has 0 spiro atoms. The number of nitro groups is 1. The molecule has 0 radical (unpaired) electrons. The number of likely N-dealkylation sites (tertiary alicyclic amines) is 1. The van der Waals surface area contributed by atoms with E-state index < -0.39 is 5.60 Å². The molecule has 3 rings (SSSR count). The Morgan fingerprint density at radius 1 is 1.29 bits per heavy atom. The van der Waals surface area contributed by atoms with Crippen LogP contribution in [0.1, 0.15) is 32.8 Å². The number of non-ortho nitro benzene ring substituents is 1. The molecule has 7 nitrogen and oxygen atoms in total. The topological polar surface area (TPSA) is 75.9 Å². The number of hydrogen-bond donors (Lipinski definition) is 0. The van der Waals surface area contributed by atoms with E-state index in [9.17, 15) is 14.9 Å². The minimum Gasteiger partial charge on any atom is -0.444 e. The van der Waals surface area contributed by atoms with Crippen LogP contribution in [0.15, 0.2) is 18.2 Å². The van der Waals surface area contributed by atoms with Crippen LogP contribution in [0.3, 0.4) is 0 Å². The van der Waals surface area contributed by atoms with Crippen molar-refractivity contribution in [3.63, 3.8) is 0 Å². The fourth-order valence-corrected chi connectivity index (χ4v) is 3.58. The summed E-state index contributed by atoms with van der Waals surface area (Å²) in [6.07, 6.45) is 0.658. The molecule has 0 unspecified atom stereocenters. The maximum Gasteiger partial charge on any atom is 0.410 e. The normalized spacial score (nSPS) is 22.8. The number of benzene rings is 1. The highest BCUT2D eigenvalue weighted by molar-refractivity contribution is 5.71. The van der Waals surface area contributed by atoms with Crippen molar-refractivity contribution in [2.45, 2.75) is 51.8 Å². The number of amides is 1. The number of carbonyl (C=O) groups is 1. The molecule has 130 valence electrons. The molecule has 2 fully saturated rings. The van der Waals surface area contributed by atoms with E-state index in [0.717, 1.165) is 24.2 Å². The monoisotopic (exact) mass is 333 g/mol. The number of anilines is 1. The van der Waals surface area contributed by atoms with E-state index in [1.165, 1.54) is 0 Å². The first kappa shape index (κ1) is 16.5. The van der Waals surface area contributed by atoms with Gasteiger partial charge in [-0.15, -0.1) is 0 Å². The molecule has 0 saturated carbocycles. The Morgan fingerprint density at radius 2 is 2.00 bits per heavy atom. The lowest BCUT2D eigenvalue weighted by Crippen LogP contribution is -2.50. The van der Waals surface area contributed by atoms with Gasteiger partial charge in [-0.05, 0) is 45.7 Å². The van der Waals surface area contributed by atoms with E-state index in [-0.39, 0.29) is 28.8 Å². The van der Waals surface area contributed by atoms with Gasteiger partial charge in [-0.3, -0.25) is 10.1 Å². The summed E-state index contributed by atoms with van der Waals surface area (Å²) in [5.74, 6) is 0. The molecular weight excluding hydrogens is 310 g/mol. The Kier molecular flexibility index (Phi) is 3.89. The van der Waals surface area contributed by atoms with Gasteiger partial charge in [-0.1, -0.05) is 0 Å². The Morgan fingerprint density at radius 3 is 2.50 bits per heavy atom. The van der Waals surface area contributed by atoms with Crippen LogP contribution in [-0.4, -0.2) is 46.7 Å². The van der Waals surface area contributed by atoms with E-state index in [1.807, 2.05) is 38.7 Å². The molecule has 24 heavy (non-hydrogen) atoms. The number of ether oxygens (including phenoxy) is 1. The van der Waals surface area contributed by atoms with Crippen molar-refractivity contribution in [3.8, 4) is 0 Å². The highest BCUT2D eigenvalue weighted by Gasteiger charge is 2.46. The Balaban J connectivity index is 1.72. The molecule has 1 aromatic rings. The van der Waals surface area contributed by atoms with Gasteiger partial charge in [0.05, 0.1) is 11.0 Å². The van der Waals surface area contributed by atoms with Gasteiger partial charge in [-0.25, -0.2) is 4.79 Å². The molecule has 2 heterocycles. The van der Waals surface area contributed by atoms with Crippen LogP contribution in [0, 0.1) is 17.0 Å². The van der Waals surface area contributed by atoms with Crippen molar-refractivity contribution in [1.29, 1.82) is 0 Å². The van der Waals surface area contributed by atoms with Crippen molar-refractivity contribution in [1.82, 2.24) is 4.90 Å². The van der Waals surface area contributed by atoms with Gasteiger partial charge in [0.1, 0.15) is 5.60 Å². The van der Waals surface area contributed by atoms with Crippen LogP contribution in [0.5, 0.6) is 0 Å². The number of piperazine rings is 1. The van der Waals surface area contributed by atoms with Crippen molar-refractivity contribution in [2.75, 3.05) is 18.0 Å². The maximum atomic E-state index is 12.3. The second-order valence-electron chi connectivity index (χ2n) is 7.56. The quantitative estimate of drug-likeness (QED) is 0.614. The molecule has 2 aliphatic rings. The van der Waals surface area contributed by atoms with Gasteiger partial charge in [-0.2, -0.15) is 0 Å². The summed E-state index contributed by atoms with van der Waals surface area (Å²) in [6.45, 7) is 8.86. The summed E-state index contributed by atoms with van der Waals surface area (Å²) in [5.41, 5.74) is 1.52. The van der Waals surface area contributed by atoms with Gasteiger partial charge in [0.2, 0.25) is 0 Å². The summed E-state index contributed by atoms with van der Waals surface area (Å²) in [5, 5.41) is 10.9. The van der Waals surface area contributed by atoms with Gasteiger partial charge in [0, 0.05) is 37.0 Å². The molecule has 2 bridgehead atoms. The summed E-state index contributed by atoms with van der Waals surface area (Å²) in [6, 6.07) is 5.33. The second kappa shape index (κ2) is 5.65. The SMILES string of the molecule is Cc1cc([N+](=O)[O-])ccc1N1C[C@H]2C[C@@H]1CN2C(=O)OC(C)(C)C. The Hall–Kier alpha value is -2.31. The molecule has 0 aromatic heterocycles. The first-order chi connectivity index (χ1) is 11.2. The predicted octanol–water partition coefficient (Wildman–Crippen LogP) is 3.10. The number of nitro benzene ring substituents is 1. The first-order valence-corrected chi connectivity index (χ1v) is 8.17. The van der Waals surface area contributed by atoms with Gasteiger partial charge in [0.25, 0.3) is 5.69 Å². The molecule has 0 N–H and O–H groups in total. The molecule has 0 aliphatic carbocycles. The van der Waals surface area contributed by atoms with Crippen molar-refractivity contribution in [2.24, 2.45) is 0 Å². The predicted molar refractivity (Wildman–Crippen MR) is 90.3 cm³/mol. The lowest BCUT2D eigenvalue weighted by Gasteiger charge is -2.36. The number of aryl methyl sites for hydroxylation is 1. The van der Waals surface area contributed by atoms with E-state index >= 15 is 0 Å². The highest BCUT2D eigenvalue weighted by atomic mass is 16.6. The smallest absolute Gasteiger partial charge is 0.410 e. The third-order valence-corrected chi connectivity index (χ3v) is 4.57. The van der Waals surface area contributed by atoms with Crippen LogP contribution in [0.2, 0.25) is 0 Å². The van der Waals surface area contributed by atoms with Crippen LogP contribution in [0.4, 0.5) is 16.2 Å². The molecule has 1 amide bonds. The van der Waals surface area contributed by atoms with E-state index in [4.69, 9.17) is 4.74 Å². The third kappa shape index (κ3) is 3.02. The fourth-order valence-electron chi connectivity index (χ4n) is 3.58. The van der Waals surface area contributed by atoms with E-state index in [2.05, 4.69) is 4.90 Å².